The van der Waals surface area contributed by atoms with Crippen molar-refractivity contribution in [2.45, 2.75) is 26.1 Å². The molecule has 0 amide bonds. The normalized spacial score (nSPS) is 11.6. The third-order valence-corrected chi connectivity index (χ3v) is 3.53. The Kier molecular flexibility index (Phi) is 5.55. The molecule has 0 aliphatic rings. The molecule has 0 fully saturated rings. The fourth-order valence-corrected chi connectivity index (χ4v) is 2.37. The Balaban J connectivity index is 2.54. The number of halogens is 4. The van der Waals surface area contributed by atoms with Gasteiger partial charge in [-0.25, -0.2) is 0 Å². The van der Waals surface area contributed by atoms with Gasteiger partial charge in [0.1, 0.15) is 5.75 Å². The molecule has 124 valence electrons. The van der Waals surface area contributed by atoms with Crippen molar-refractivity contribution in [3.05, 3.63) is 52.5 Å². The van der Waals surface area contributed by atoms with Gasteiger partial charge in [-0.05, 0) is 35.7 Å². The van der Waals surface area contributed by atoms with Crippen molar-refractivity contribution in [2.24, 2.45) is 0 Å². The largest absolute Gasteiger partial charge is 0.493 e. The van der Waals surface area contributed by atoms with Gasteiger partial charge in [0.05, 0.1) is 18.8 Å². The van der Waals surface area contributed by atoms with Gasteiger partial charge in [-0.1, -0.05) is 36.7 Å². The maximum atomic E-state index is 13.2. The monoisotopic (exact) mass is 344 g/mol. The average molecular weight is 345 g/mol. The number of ether oxygens (including phenoxy) is 1. The van der Waals surface area contributed by atoms with Crippen LogP contribution in [0.25, 0.3) is 11.1 Å². The Morgan fingerprint density at radius 3 is 2.48 bits per heavy atom. The summed E-state index contributed by atoms with van der Waals surface area (Å²) in [5.74, 6) is 0.384. The summed E-state index contributed by atoms with van der Waals surface area (Å²) < 4.78 is 45.2. The quantitative estimate of drug-likeness (QED) is 0.796. The number of aliphatic hydroxyl groups is 1. The molecule has 2 aromatic carbocycles. The Morgan fingerprint density at radius 1 is 1.13 bits per heavy atom. The van der Waals surface area contributed by atoms with E-state index in [9.17, 15) is 18.3 Å². The van der Waals surface area contributed by atoms with Gasteiger partial charge >= 0.3 is 6.18 Å². The van der Waals surface area contributed by atoms with Crippen molar-refractivity contribution in [1.82, 2.24) is 0 Å². The highest BCUT2D eigenvalue weighted by Gasteiger charge is 2.34. The number of benzene rings is 2. The Bertz CT molecular complexity index is 684. The van der Waals surface area contributed by atoms with E-state index >= 15 is 0 Å². The molecule has 0 heterocycles. The SMILES string of the molecule is CCCOc1cc(-c2ccc(Cl)cc2C(F)(F)F)ccc1CO. The lowest BCUT2D eigenvalue weighted by molar-refractivity contribution is -0.137. The summed E-state index contributed by atoms with van der Waals surface area (Å²) >= 11 is 5.70. The number of aliphatic hydroxyl groups excluding tert-OH is 1. The Morgan fingerprint density at radius 2 is 1.87 bits per heavy atom. The van der Waals surface area contributed by atoms with Crippen LogP contribution in [0.15, 0.2) is 36.4 Å². The predicted molar refractivity (Wildman–Crippen MR) is 83.6 cm³/mol. The number of rotatable bonds is 5. The topological polar surface area (TPSA) is 29.5 Å². The van der Waals surface area contributed by atoms with E-state index in [1.807, 2.05) is 6.92 Å². The first-order valence-electron chi connectivity index (χ1n) is 7.10. The average Bonchev–Trinajstić information content (AvgIpc) is 2.51. The predicted octanol–water partition coefficient (Wildman–Crippen LogP) is 5.31. The van der Waals surface area contributed by atoms with Gasteiger partial charge in [-0.15, -0.1) is 0 Å². The molecular formula is C17H16ClF3O2. The molecule has 0 saturated carbocycles. The van der Waals surface area contributed by atoms with Crippen molar-refractivity contribution in [3.63, 3.8) is 0 Å². The van der Waals surface area contributed by atoms with E-state index in [0.29, 0.717) is 23.5 Å². The van der Waals surface area contributed by atoms with Crippen LogP contribution in [0.3, 0.4) is 0 Å². The molecule has 0 spiro atoms. The molecule has 0 aromatic heterocycles. The molecule has 2 aromatic rings. The first-order valence-corrected chi connectivity index (χ1v) is 7.48. The van der Waals surface area contributed by atoms with Crippen LogP contribution in [-0.4, -0.2) is 11.7 Å². The molecule has 0 atom stereocenters. The number of alkyl halides is 3. The lowest BCUT2D eigenvalue weighted by Crippen LogP contribution is -2.07. The second-order valence-electron chi connectivity index (χ2n) is 5.02. The highest BCUT2D eigenvalue weighted by atomic mass is 35.5. The minimum Gasteiger partial charge on any atom is -0.493 e. The zero-order chi connectivity index (χ0) is 17.0. The summed E-state index contributed by atoms with van der Waals surface area (Å²) in [4.78, 5) is 0. The molecule has 2 rings (SSSR count). The lowest BCUT2D eigenvalue weighted by Gasteiger charge is -2.16. The summed E-state index contributed by atoms with van der Waals surface area (Å²) in [5, 5.41) is 9.35. The van der Waals surface area contributed by atoms with Crippen LogP contribution >= 0.6 is 11.6 Å². The van der Waals surface area contributed by atoms with Crippen LogP contribution in [0, 0.1) is 0 Å². The van der Waals surface area contributed by atoms with Gasteiger partial charge in [0.15, 0.2) is 0 Å². The van der Waals surface area contributed by atoms with Crippen molar-refractivity contribution >= 4 is 11.6 Å². The van der Waals surface area contributed by atoms with E-state index in [0.717, 1.165) is 12.5 Å². The molecule has 2 nitrogen and oxygen atoms in total. The molecule has 0 bridgehead atoms. The zero-order valence-electron chi connectivity index (χ0n) is 12.5. The third-order valence-electron chi connectivity index (χ3n) is 3.30. The van der Waals surface area contributed by atoms with E-state index in [2.05, 4.69) is 0 Å². The van der Waals surface area contributed by atoms with E-state index < -0.39 is 11.7 Å². The van der Waals surface area contributed by atoms with Gasteiger partial charge in [0.25, 0.3) is 0 Å². The second kappa shape index (κ2) is 7.23. The summed E-state index contributed by atoms with van der Waals surface area (Å²) in [6, 6.07) is 8.27. The van der Waals surface area contributed by atoms with Crippen molar-refractivity contribution in [2.75, 3.05) is 6.61 Å². The van der Waals surface area contributed by atoms with Crippen molar-refractivity contribution in [1.29, 1.82) is 0 Å². The minimum atomic E-state index is -4.51. The fourth-order valence-electron chi connectivity index (χ4n) is 2.20. The van der Waals surface area contributed by atoms with Crippen LogP contribution in [0.4, 0.5) is 13.2 Å². The maximum absolute atomic E-state index is 13.2. The molecule has 23 heavy (non-hydrogen) atoms. The van der Waals surface area contributed by atoms with Gasteiger partial charge < -0.3 is 9.84 Å². The summed E-state index contributed by atoms with van der Waals surface area (Å²) in [6.45, 7) is 2.10. The molecule has 0 aliphatic carbocycles. The lowest BCUT2D eigenvalue weighted by atomic mass is 9.98. The zero-order valence-corrected chi connectivity index (χ0v) is 13.2. The van der Waals surface area contributed by atoms with Gasteiger partial charge in [-0.3, -0.25) is 0 Å². The van der Waals surface area contributed by atoms with Gasteiger partial charge in [0.2, 0.25) is 0 Å². The van der Waals surface area contributed by atoms with Crippen LogP contribution in [0.1, 0.15) is 24.5 Å². The van der Waals surface area contributed by atoms with Gasteiger partial charge in [-0.2, -0.15) is 13.2 Å². The third kappa shape index (κ3) is 4.18. The minimum absolute atomic E-state index is 0.0211. The standard InChI is InChI=1S/C17H16ClF3O2/c1-2-7-23-16-8-11(3-4-12(16)10-22)14-6-5-13(18)9-15(14)17(19,20)21/h3-6,8-9,22H,2,7,10H2,1H3. The first kappa shape index (κ1) is 17.6. The molecular weight excluding hydrogens is 329 g/mol. The maximum Gasteiger partial charge on any atom is 0.417 e. The van der Waals surface area contributed by atoms with Crippen LogP contribution in [-0.2, 0) is 12.8 Å². The highest BCUT2D eigenvalue weighted by molar-refractivity contribution is 6.30. The molecule has 1 N–H and O–H groups in total. The Hall–Kier alpha value is -1.72. The summed E-state index contributed by atoms with van der Waals surface area (Å²) in [6.07, 6.45) is -3.76. The number of hydrogen-bond donors (Lipinski definition) is 1. The summed E-state index contributed by atoms with van der Waals surface area (Å²) in [7, 11) is 0. The van der Waals surface area contributed by atoms with Crippen LogP contribution in [0.2, 0.25) is 5.02 Å². The molecule has 0 aliphatic heterocycles. The highest BCUT2D eigenvalue weighted by Crippen LogP contribution is 2.39. The van der Waals surface area contributed by atoms with Crippen molar-refractivity contribution < 1.29 is 23.0 Å². The fraction of sp³-hybridized carbons (Fsp3) is 0.294. The van der Waals surface area contributed by atoms with Crippen LogP contribution < -0.4 is 4.74 Å². The van der Waals surface area contributed by atoms with E-state index in [4.69, 9.17) is 16.3 Å². The first-order chi connectivity index (χ1) is 10.9. The molecule has 6 heteroatoms. The van der Waals surface area contributed by atoms with E-state index in [1.54, 1.807) is 6.07 Å². The van der Waals surface area contributed by atoms with Crippen LogP contribution in [0.5, 0.6) is 5.75 Å². The van der Waals surface area contributed by atoms with Crippen molar-refractivity contribution in [3.8, 4) is 16.9 Å². The number of hydrogen-bond acceptors (Lipinski definition) is 2. The van der Waals surface area contributed by atoms with Gasteiger partial charge in [0, 0.05) is 10.6 Å². The smallest absolute Gasteiger partial charge is 0.417 e. The molecule has 0 radical (unpaired) electrons. The second-order valence-corrected chi connectivity index (χ2v) is 5.45. The van der Waals surface area contributed by atoms with E-state index in [1.165, 1.54) is 24.3 Å². The molecule has 0 unspecified atom stereocenters. The van der Waals surface area contributed by atoms with E-state index in [-0.39, 0.29) is 17.2 Å². The molecule has 0 saturated heterocycles. The summed E-state index contributed by atoms with van der Waals surface area (Å²) in [5.41, 5.74) is 0.109. The Labute approximate surface area is 137 Å².